The van der Waals surface area contributed by atoms with E-state index in [2.05, 4.69) is 16.7 Å². The van der Waals surface area contributed by atoms with Crippen LogP contribution in [-0.4, -0.2) is 12.5 Å². The number of nitrogens with zero attached hydrogens (tertiary/aromatic N) is 1. The molecule has 0 unspecified atom stereocenters. The summed E-state index contributed by atoms with van der Waals surface area (Å²) >= 11 is 0. The Morgan fingerprint density at radius 3 is 2.38 bits per heavy atom. The third-order valence-electron chi connectivity index (χ3n) is 3.06. The van der Waals surface area contributed by atoms with E-state index in [0.29, 0.717) is 0 Å². The lowest BCUT2D eigenvalue weighted by Gasteiger charge is -2.10. The van der Waals surface area contributed by atoms with Crippen LogP contribution in [0.3, 0.4) is 0 Å². The average molecular weight is 302 g/mol. The van der Waals surface area contributed by atoms with Gasteiger partial charge in [0.05, 0.1) is 11.4 Å². The molecule has 2 aromatic rings. The van der Waals surface area contributed by atoms with Gasteiger partial charge in [0.15, 0.2) is 12.4 Å². The molecule has 2 N–H and O–H groups in total. The van der Waals surface area contributed by atoms with Gasteiger partial charge < -0.3 is 23.0 Å². The molecule has 0 fully saturated rings. The zero-order valence-electron chi connectivity index (χ0n) is 11.4. The Morgan fingerprint density at radius 2 is 1.71 bits per heavy atom. The van der Waals surface area contributed by atoms with Crippen molar-refractivity contribution >= 4 is 17.3 Å². The Bertz CT molecular complexity index is 656. The van der Waals surface area contributed by atoms with Crippen molar-refractivity contribution in [2.75, 3.05) is 17.2 Å². The average Bonchev–Trinajstić information content (AvgIpc) is 3.31. The van der Waals surface area contributed by atoms with Gasteiger partial charge in [-0.2, -0.15) is 0 Å². The van der Waals surface area contributed by atoms with Gasteiger partial charge in [-0.15, -0.1) is 4.57 Å². The van der Waals surface area contributed by atoms with Crippen molar-refractivity contribution in [3.8, 4) is 0 Å². The molecule has 0 bridgehead atoms. The van der Waals surface area contributed by atoms with Crippen LogP contribution in [0.15, 0.2) is 66.6 Å². The second kappa shape index (κ2) is 6.90. The normalized spacial score (nSPS) is 11.9. The SMILES string of the molecule is O=C(CNc1ccccc1NC1=CC1)[n+]1ccccc1.[Cl-]. The molecule has 0 aliphatic heterocycles. The van der Waals surface area contributed by atoms with Gasteiger partial charge in [0, 0.05) is 24.3 Å². The molecular weight excluding hydrogens is 286 g/mol. The molecular formula is C16H16ClN3O. The first kappa shape index (κ1) is 15.1. The Morgan fingerprint density at radius 1 is 1.05 bits per heavy atom. The van der Waals surface area contributed by atoms with Crippen molar-refractivity contribution in [1.29, 1.82) is 0 Å². The van der Waals surface area contributed by atoms with Crippen LogP contribution in [0.1, 0.15) is 11.2 Å². The maximum atomic E-state index is 12.0. The van der Waals surface area contributed by atoms with Crippen molar-refractivity contribution < 1.29 is 21.8 Å². The van der Waals surface area contributed by atoms with Crippen molar-refractivity contribution in [3.63, 3.8) is 0 Å². The second-order valence-corrected chi connectivity index (χ2v) is 4.63. The summed E-state index contributed by atoms with van der Waals surface area (Å²) in [5.41, 5.74) is 3.16. The number of halogens is 1. The first-order valence-electron chi connectivity index (χ1n) is 6.61. The predicted molar refractivity (Wildman–Crippen MR) is 78.5 cm³/mol. The summed E-state index contributed by atoms with van der Waals surface area (Å²) < 4.78 is 1.58. The van der Waals surface area contributed by atoms with Crippen LogP contribution in [0.2, 0.25) is 0 Å². The van der Waals surface area contributed by atoms with E-state index >= 15 is 0 Å². The number of allylic oxidation sites excluding steroid dienone is 2. The zero-order valence-corrected chi connectivity index (χ0v) is 12.2. The molecule has 0 saturated heterocycles. The molecule has 108 valence electrons. The fraction of sp³-hybridized carbons (Fsp3) is 0.125. The fourth-order valence-corrected chi connectivity index (χ4v) is 1.90. The minimum absolute atomic E-state index is 0. The number of benzene rings is 1. The van der Waals surface area contributed by atoms with Gasteiger partial charge in [-0.1, -0.05) is 24.3 Å². The van der Waals surface area contributed by atoms with E-state index in [0.717, 1.165) is 17.8 Å². The van der Waals surface area contributed by atoms with E-state index < -0.39 is 0 Å². The molecule has 1 aromatic heterocycles. The molecule has 1 aliphatic rings. The number of carbonyl (C=O) groups is 1. The van der Waals surface area contributed by atoms with Crippen LogP contribution in [0.5, 0.6) is 0 Å². The number of aromatic nitrogens is 1. The van der Waals surface area contributed by atoms with Crippen molar-refractivity contribution in [2.45, 2.75) is 6.42 Å². The van der Waals surface area contributed by atoms with Crippen LogP contribution < -0.4 is 27.6 Å². The van der Waals surface area contributed by atoms with Crippen molar-refractivity contribution in [1.82, 2.24) is 0 Å². The first-order valence-corrected chi connectivity index (χ1v) is 6.61. The Hall–Kier alpha value is -2.33. The van der Waals surface area contributed by atoms with E-state index in [1.165, 1.54) is 5.70 Å². The Labute approximate surface area is 129 Å². The number of hydrogen-bond acceptors (Lipinski definition) is 3. The molecule has 1 aromatic carbocycles. The maximum absolute atomic E-state index is 12.0. The molecule has 0 spiro atoms. The summed E-state index contributed by atoms with van der Waals surface area (Å²) in [6.07, 6.45) is 6.65. The minimum Gasteiger partial charge on any atom is -1.00 e. The molecule has 4 nitrogen and oxygen atoms in total. The third-order valence-corrected chi connectivity index (χ3v) is 3.06. The van der Waals surface area contributed by atoms with Crippen LogP contribution in [0.25, 0.3) is 0 Å². The largest absolute Gasteiger partial charge is 1.00 e. The number of hydrogen-bond donors (Lipinski definition) is 2. The van der Waals surface area contributed by atoms with E-state index in [1.807, 2.05) is 42.5 Å². The van der Waals surface area contributed by atoms with Crippen LogP contribution in [0, 0.1) is 0 Å². The van der Waals surface area contributed by atoms with Crippen molar-refractivity contribution in [2.24, 2.45) is 0 Å². The first-order chi connectivity index (χ1) is 9.83. The van der Waals surface area contributed by atoms with E-state index in [1.54, 1.807) is 17.0 Å². The lowest BCUT2D eigenvalue weighted by Crippen LogP contribution is -3.00. The minimum atomic E-state index is 0. The van der Waals surface area contributed by atoms with E-state index in [-0.39, 0.29) is 24.9 Å². The van der Waals surface area contributed by atoms with Gasteiger partial charge in [0.2, 0.25) is 0 Å². The topological polar surface area (TPSA) is 45.0 Å². The van der Waals surface area contributed by atoms with Crippen LogP contribution in [-0.2, 0) is 0 Å². The maximum Gasteiger partial charge on any atom is 0.411 e. The number of para-hydroxylation sites is 2. The van der Waals surface area contributed by atoms with Gasteiger partial charge in [-0.05, 0) is 12.1 Å². The van der Waals surface area contributed by atoms with Crippen molar-refractivity contribution in [3.05, 3.63) is 66.6 Å². The lowest BCUT2D eigenvalue weighted by molar-refractivity contribution is -0.573. The highest BCUT2D eigenvalue weighted by Crippen LogP contribution is 2.27. The van der Waals surface area contributed by atoms with Crippen LogP contribution in [0.4, 0.5) is 11.4 Å². The Balaban J connectivity index is 0.00000161. The molecule has 21 heavy (non-hydrogen) atoms. The van der Waals surface area contributed by atoms with Gasteiger partial charge in [-0.25, -0.2) is 4.79 Å². The molecule has 1 aliphatic carbocycles. The smallest absolute Gasteiger partial charge is 0.411 e. The number of rotatable bonds is 5. The van der Waals surface area contributed by atoms with Gasteiger partial charge >= 0.3 is 5.91 Å². The van der Waals surface area contributed by atoms with Gasteiger partial charge in [0.25, 0.3) is 0 Å². The molecule has 0 amide bonds. The van der Waals surface area contributed by atoms with Gasteiger partial charge in [-0.3, -0.25) is 0 Å². The zero-order chi connectivity index (χ0) is 13.8. The number of carbonyl (C=O) groups excluding carboxylic acids is 1. The second-order valence-electron chi connectivity index (χ2n) is 4.63. The summed E-state index contributed by atoms with van der Waals surface area (Å²) in [6.45, 7) is 0.256. The molecule has 0 atom stereocenters. The highest BCUT2D eigenvalue weighted by molar-refractivity contribution is 5.77. The van der Waals surface area contributed by atoms with E-state index in [9.17, 15) is 4.79 Å². The van der Waals surface area contributed by atoms with Gasteiger partial charge in [0.1, 0.15) is 6.54 Å². The standard InChI is InChI=1S/C16H16N3O.ClH/c20-16(19-10-4-1-5-11-19)12-17-14-6-2-3-7-15(14)18-13-8-9-13;/h1-8,10-11,17-18H,9,12H2;1H/q+1;/p-1. The molecule has 5 heteroatoms. The van der Waals surface area contributed by atoms with Crippen LogP contribution >= 0.6 is 0 Å². The van der Waals surface area contributed by atoms with E-state index in [4.69, 9.17) is 0 Å². The summed E-state index contributed by atoms with van der Waals surface area (Å²) in [5.74, 6) is 0.00559. The summed E-state index contributed by atoms with van der Waals surface area (Å²) in [5, 5.41) is 6.51. The molecule has 0 saturated carbocycles. The summed E-state index contributed by atoms with van der Waals surface area (Å²) in [7, 11) is 0. The number of anilines is 2. The predicted octanol–water partition coefficient (Wildman–Crippen LogP) is -0.570. The monoisotopic (exact) mass is 301 g/mol. The number of nitrogens with one attached hydrogen (secondary N) is 2. The number of pyridine rings is 1. The Kier molecular flexibility index (Phi) is 4.95. The summed E-state index contributed by atoms with van der Waals surface area (Å²) in [4.78, 5) is 12.0. The molecule has 0 radical (unpaired) electrons. The highest BCUT2D eigenvalue weighted by Gasteiger charge is 2.14. The quantitative estimate of drug-likeness (QED) is 0.727. The lowest BCUT2D eigenvalue weighted by atomic mass is 10.2. The molecule has 1 heterocycles. The third kappa shape index (κ3) is 4.07. The summed E-state index contributed by atoms with van der Waals surface area (Å²) in [6, 6.07) is 13.5. The molecule has 3 rings (SSSR count). The highest BCUT2D eigenvalue weighted by atomic mass is 35.5. The fourth-order valence-electron chi connectivity index (χ4n) is 1.90.